The van der Waals surface area contributed by atoms with Gasteiger partial charge in [-0.2, -0.15) is 10.2 Å². The Morgan fingerprint density at radius 3 is 2.62 bits per heavy atom. The molecule has 0 saturated carbocycles. The lowest BCUT2D eigenvalue weighted by Gasteiger charge is -2.26. The van der Waals surface area contributed by atoms with Crippen LogP contribution in [0.4, 0.5) is 5.82 Å². The summed E-state index contributed by atoms with van der Waals surface area (Å²) in [6, 6.07) is 10.2. The van der Waals surface area contributed by atoms with E-state index in [2.05, 4.69) is 32.5 Å². The zero-order chi connectivity index (χ0) is 23.3. The van der Waals surface area contributed by atoms with Gasteiger partial charge in [-0.05, 0) is 30.7 Å². The number of rotatable bonds is 8. The van der Waals surface area contributed by atoms with E-state index in [0.29, 0.717) is 5.82 Å². The number of aryl methyl sites for hydroxylation is 2. The zero-order valence-corrected chi connectivity index (χ0v) is 19.7. The summed E-state index contributed by atoms with van der Waals surface area (Å²) in [7, 11) is 3.84. The molecule has 0 aliphatic carbocycles. The van der Waals surface area contributed by atoms with Gasteiger partial charge in [0.05, 0.1) is 30.7 Å². The van der Waals surface area contributed by atoms with Gasteiger partial charge in [-0.25, -0.2) is 9.97 Å². The molecule has 5 rings (SSSR count). The van der Waals surface area contributed by atoms with Crippen LogP contribution in [0.1, 0.15) is 6.42 Å². The van der Waals surface area contributed by atoms with Gasteiger partial charge in [0.25, 0.3) is 0 Å². The van der Waals surface area contributed by atoms with Crippen LogP contribution in [0.3, 0.4) is 0 Å². The molecule has 0 amide bonds. The van der Waals surface area contributed by atoms with Crippen LogP contribution in [-0.2, 0) is 18.8 Å². The maximum atomic E-state index is 5.45. The number of anilines is 1. The van der Waals surface area contributed by atoms with Crippen molar-refractivity contribution in [3.8, 4) is 33.8 Å². The summed E-state index contributed by atoms with van der Waals surface area (Å²) < 4.78 is 9.05. The Morgan fingerprint density at radius 2 is 1.85 bits per heavy atom. The van der Waals surface area contributed by atoms with E-state index < -0.39 is 0 Å². The van der Waals surface area contributed by atoms with Gasteiger partial charge >= 0.3 is 0 Å². The van der Waals surface area contributed by atoms with Crippen molar-refractivity contribution in [3.63, 3.8) is 0 Å². The largest absolute Gasteiger partial charge is 0.379 e. The second-order valence-corrected chi connectivity index (χ2v) is 8.55. The standard InChI is InChI=1S/C25H30N8O/c1-31-10-7-23(30-31)22-17-27-24(20-6-3-5-19(15-20)21-16-28-32(2)18-21)29-25(22)26-8-4-9-33-11-13-34-14-12-33/h3,5-7,10,15-18H,4,8-9,11-14H2,1-2H3,(H,26,27,29). The number of aromatic nitrogens is 6. The van der Waals surface area contributed by atoms with Gasteiger partial charge in [0.2, 0.25) is 0 Å². The molecule has 9 nitrogen and oxygen atoms in total. The Labute approximate surface area is 199 Å². The number of benzene rings is 1. The highest BCUT2D eigenvalue weighted by Crippen LogP contribution is 2.29. The molecule has 4 aromatic rings. The van der Waals surface area contributed by atoms with E-state index in [9.17, 15) is 0 Å². The summed E-state index contributed by atoms with van der Waals surface area (Å²) in [5, 5.41) is 12.4. The zero-order valence-electron chi connectivity index (χ0n) is 19.7. The fourth-order valence-corrected chi connectivity index (χ4v) is 4.14. The Hall–Kier alpha value is -3.56. The normalized spacial score (nSPS) is 14.4. The molecule has 1 fully saturated rings. The molecule has 34 heavy (non-hydrogen) atoms. The molecule has 0 radical (unpaired) electrons. The van der Waals surface area contributed by atoms with Crippen molar-refractivity contribution in [1.82, 2.24) is 34.4 Å². The van der Waals surface area contributed by atoms with Crippen LogP contribution in [0, 0.1) is 0 Å². The maximum Gasteiger partial charge on any atom is 0.161 e. The van der Waals surface area contributed by atoms with Crippen LogP contribution >= 0.6 is 0 Å². The average molecular weight is 459 g/mol. The molecule has 0 unspecified atom stereocenters. The van der Waals surface area contributed by atoms with E-state index in [4.69, 9.17) is 14.7 Å². The Morgan fingerprint density at radius 1 is 1.00 bits per heavy atom. The van der Waals surface area contributed by atoms with Crippen molar-refractivity contribution in [2.24, 2.45) is 14.1 Å². The van der Waals surface area contributed by atoms with Gasteiger partial charge < -0.3 is 10.1 Å². The fraction of sp³-hybridized carbons (Fsp3) is 0.360. The molecule has 1 aromatic carbocycles. The number of hydrogen-bond donors (Lipinski definition) is 1. The number of hydrogen-bond acceptors (Lipinski definition) is 7. The second kappa shape index (κ2) is 10.1. The van der Waals surface area contributed by atoms with E-state index in [-0.39, 0.29) is 0 Å². The molecule has 1 aliphatic rings. The first-order valence-electron chi connectivity index (χ1n) is 11.7. The minimum atomic E-state index is 0.682. The van der Waals surface area contributed by atoms with Crippen molar-refractivity contribution in [2.45, 2.75) is 6.42 Å². The predicted octanol–water partition coefficient (Wildman–Crippen LogP) is 3.08. The van der Waals surface area contributed by atoms with Crippen LogP contribution in [-0.4, -0.2) is 73.8 Å². The molecule has 4 heterocycles. The monoisotopic (exact) mass is 458 g/mol. The molecule has 1 saturated heterocycles. The van der Waals surface area contributed by atoms with Crippen molar-refractivity contribution >= 4 is 5.82 Å². The summed E-state index contributed by atoms with van der Waals surface area (Å²) in [5.74, 6) is 1.48. The number of morpholine rings is 1. The molecule has 1 aliphatic heterocycles. The Kier molecular flexibility index (Phi) is 6.64. The van der Waals surface area contributed by atoms with E-state index in [1.807, 2.05) is 57.1 Å². The third-order valence-electron chi connectivity index (χ3n) is 5.98. The van der Waals surface area contributed by atoms with Crippen LogP contribution in [0.15, 0.2) is 55.1 Å². The smallest absolute Gasteiger partial charge is 0.161 e. The minimum Gasteiger partial charge on any atom is -0.379 e. The van der Waals surface area contributed by atoms with Crippen molar-refractivity contribution in [3.05, 3.63) is 55.1 Å². The Bertz CT molecular complexity index is 1240. The van der Waals surface area contributed by atoms with Crippen LogP contribution in [0.25, 0.3) is 33.8 Å². The summed E-state index contributed by atoms with van der Waals surface area (Å²) in [6.45, 7) is 5.52. The molecular formula is C25H30N8O. The van der Waals surface area contributed by atoms with Crippen LogP contribution < -0.4 is 5.32 Å². The van der Waals surface area contributed by atoms with Gasteiger partial charge in [-0.15, -0.1) is 0 Å². The van der Waals surface area contributed by atoms with E-state index in [1.165, 1.54) is 0 Å². The molecule has 3 aromatic heterocycles. The lowest BCUT2D eigenvalue weighted by Crippen LogP contribution is -2.37. The van der Waals surface area contributed by atoms with E-state index in [0.717, 1.165) is 79.6 Å². The third kappa shape index (κ3) is 5.16. The minimum absolute atomic E-state index is 0.682. The molecule has 0 atom stereocenters. The first-order chi connectivity index (χ1) is 16.7. The second-order valence-electron chi connectivity index (χ2n) is 8.55. The van der Waals surface area contributed by atoms with E-state index >= 15 is 0 Å². The lowest BCUT2D eigenvalue weighted by molar-refractivity contribution is 0.0378. The van der Waals surface area contributed by atoms with Gasteiger partial charge in [0.1, 0.15) is 5.82 Å². The molecule has 9 heteroatoms. The van der Waals surface area contributed by atoms with Crippen LogP contribution in [0.2, 0.25) is 0 Å². The first-order valence-corrected chi connectivity index (χ1v) is 11.7. The maximum absolute atomic E-state index is 5.45. The van der Waals surface area contributed by atoms with Crippen molar-refractivity contribution in [2.75, 3.05) is 44.7 Å². The SMILES string of the molecule is Cn1cc(-c2cccc(-c3ncc(-c4ccn(C)n4)c(NCCCN4CCOCC4)n3)c2)cn1. The highest BCUT2D eigenvalue weighted by molar-refractivity contribution is 5.75. The molecule has 1 N–H and O–H groups in total. The van der Waals surface area contributed by atoms with Gasteiger partial charge in [-0.1, -0.05) is 18.2 Å². The molecule has 176 valence electrons. The molecule has 0 bridgehead atoms. The summed E-state index contributed by atoms with van der Waals surface area (Å²) >= 11 is 0. The van der Waals surface area contributed by atoms with Gasteiger partial charge in [0, 0.05) is 63.4 Å². The van der Waals surface area contributed by atoms with Crippen molar-refractivity contribution < 1.29 is 4.74 Å². The first kappa shape index (κ1) is 22.2. The lowest BCUT2D eigenvalue weighted by atomic mass is 10.1. The topological polar surface area (TPSA) is 85.9 Å². The average Bonchev–Trinajstić information content (AvgIpc) is 3.50. The highest BCUT2D eigenvalue weighted by Gasteiger charge is 2.14. The quantitative estimate of drug-likeness (QED) is 0.406. The number of nitrogens with zero attached hydrogens (tertiary/aromatic N) is 7. The predicted molar refractivity (Wildman–Crippen MR) is 132 cm³/mol. The van der Waals surface area contributed by atoms with Gasteiger partial charge in [-0.3, -0.25) is 14.3 Å². The molecule has 0 spiro atoms. The fourth-order valence-electron chi connectivity index (χ4n) is 4.14. The third-order valence-corrected chi connectivity index (χ3v) is 5.98. The summed E-state index contributed by atoms with van der Waals surface area (Å²) in [4.78, 5) is 12.1. The van der Waals surface area contributed by atoms with Crippen molar-refractivity contribution in [1.29, 1.82) is 0 Å². The number of ether oxygens (including phenoxy) is 1. The highest BCUT2D eigenvalue weighted by atomic mass is 16.5. The van der Waals surface area contributed by atoms with Crippen LogP contribution in [0.5, 0.6) is 0 Å². The van der Waals surface area contributed by atoms with Gasteiger partial charge in [0.15, 0.2) is 5.82 Å². The molecular weight excluding hydrogens is 428 g/mol. The van der Waals surface area contributed by atoms with E-state index in [1.54, 1.807) is 9.36 Å². The summed E-state index contributed by atoms with van der Waals surface area (Å²) in [5.41, 5.74) is 4.87. The summed E-state index contributed by atoms with van der Waals surface area (Å²) in [6.07, 6.45) is 8.70. The Balaban J connectivity index is 1.38. The number of nitrogens with one attached hydrogen (secondary N) is 1.